The second-order valence-corrected chi connectivity index (χ2v) is 7.87. The van der Waals surface area contributed by atoms with Gasteiger partial charge in [-0.2, -0.15) is 0 Å². The zero-order chi connectivity index (χ0) is 23.8. The van der Waals surface area contributed by atoms with Gasteiger partial charge in [0.05, 0.1) is 12.6 Å². The highest BCUT2D eigenvalue weighted by Gasteiger charge is 2.13. The van der Waals surface area contributed by atoms with E-state index in [1.54, 1.807) is 62.6 Å². The molecular weight excluding hydrogens is 416 g/mol. The number of benzene rings is 3. The Kier molecular flexibility index (Phi) is 7.81. The minimum absolute atomic E-state index is 0.0150. The van der Waals surface area contributed by atoms with Gasteiger partial charge in [0.2, 0.25) is 5.91 Å². The summed E-state index contributed by atoms with van der Waals surface area (Å²) in [4.78, 5) is 38.6. The minimum Gasteiger partial charge on any atom is -0.376 e. The number of nitrogens with zero attached hydrogens (tertiary/aromatic N) is 1. The number of carbonyl (C=O) groups excluding carboxylic acids is 3. The Morgan fingerprint density at radius 2 is 1.45 bits per heavy atom. The van der Waals surface area contributed by atoms with Crippen LogP contribution < -0.4 is 16.0 Å². The van der Waals surface area contributed by atoms with Crippen molar-refractivity contribution in [1.29, 1.82) is 0 Å². The molecule has 3 N–H and O–H groups in total. The summed E-state index contributed by atoms with van der Waals surface area (Å²) in [6.07, 6.45) is 0. The number of hydrogen-bond donors (Lipinski definition) is 3. The molecule has 0 aromatic heterocycles. The van der Waals surface area contributed by atoms with Crippen molar-refractivity contribution in [3.05, 3.63) is 95.6 Å². The molecule has 0 saturated heterocycles. The number of amides is 3. The van der Waals surface area contributed by atoms with Crippen molar-refractivity contribution in [3.8, 4) is 0 Å². The van der Waals surface area contributed by atoms with Crippen LogP contribution in [0.15, 0.2) is 78.9 Å². The first kappa shape index (κ1) is 23.5. The van der Waals surface area contributed by atoms with E-state index in [-0.39, 0.29) is 30.3 Å². The summed E-state index contributed by atoms with van der Waals surface area (Å²) in [5.74, 6) is -0.600. The topological polar surface area (TPSA) is 90.5 Å². The number of nitrogens with one attached hydrogen (secondary N) is 3. The summed E-state index contributed by atoms with van der Waals surface area (Å²) in [7, 11) is 3.37. The third-order valence-corrected chi connectivity index (χ3v) is 5.02. The molecule has 3 rings (SSSR count). The average Bonchev–Trinajstić information content (AvgIpc) is 2.83. The lowest BCUT2D eigenvalue weighted by Gasteiger charge is -2.15. The second-order valence-electron chi connectivity index (χ2n) is 7.87. The maximum Gasteiger partial charge on any atom is 0.253 e. The van der Waals surface area contributed by atoms with Gasteiger partial charge in [0.1, 0.15) is 0 Å². The molecule has 1 atom stereocenters. The smallest absolute Gasteiger partial charge is 0.253 e. The normalized spacial score (nSPS) is 11.2. The van der Waals surface area contributed by atoms with Gasteiger partial charge in [-0.3, -0.25) is 14.4 Å². The predicted octanol–water partition coefficient (Wildman–Crippen LogP) is 3.93. The van der Waals surface area contributed by atoms with Crippen molar-refractivity contribution < 1.29 is 14.4 Å². The third-order valence-electron chi connectivity index (χ3n) is 5.02. The predicted molar refractivity (Wildman–Crippen MR) is 130 cm³/mol. The molecule has 0 aliphatic carbocycles. The van der Waals surface area contributed by atoms with E-state index in [9.17, 15) is 14.4 Å². The van der Waals surface area contributed by atoms with E-state index < -0.39 is 0 Å². The van der Waals surface area contributed by atoms with E-state index in [1.165, 1.54) is 4.90 Å². The Labute approximate surface area is 193 Å². The summed E-state index contributed by atoms with van der Waals surface area (Å²) in [5, 5.41) is 8.78. The van der Waals surface area contributed by atoms with Crippen molar-refractivity contribution in [2.75, 3.05) is 31.3 Å². The standard InChI is InChI=1S/C26H28N4O3/c1-18(19-9-5-4-6-10-19)28-25(32)20-11-7-14-23(15-20)29-24(31)17-27-22-13-8-12-21(16-22)26(33)30(2)3/h4-16,18,27H,17H2,1-3H3,(H,28,32)(H,29,31). The van der Waals surface area contributed by atoms with Gasteiger partial charge in [0.25, 0.3) is 11.8 Å². The number of hydrogen-bond acceptors (Lipinski definition) is 4. The summed E-state index contributed by atoms with van der Waals surface area (Å²) < 4.78 is 0. The van der Waals surface area contributed by atoms with Crippen LogP contribution in [0.3, 0.4) is 0 Å². The molecule has 7 nitrogen and oxygen atoms in total. The molecule has 3 aromatic rings. The molecule has 0 fully saturated rings. The van der Waals surface area contributed by atoms with E-state index >= 15 is 0 Å². The van der Waals surface area contributed by atoms with Crippen LogP contribution in [0.2, 0.25) is 0 Å². The molecular formula is C26H28N4O3. The van der Waals surface area contributed by atoms with E-state index in [1.807, 2.05) is 37.3 Å². The highest BCUT2D eigenvalue weighted by Crippen LogP contribution is 2.15. The Balaban J connectivity index is 1.57. The first-order chi connectivity index (χ1) is 15.8. The molecule has 0 radical (unpaired) electrons. The zero-order valence-electron chi connectivity index (χ0n) is 19.0. The molecule has 0 heterocycles. The molecule has 3 amide bonds. The molecule has 1 unspecified atom stereocenters. The molecule has 0 bridgehead atoms. The highest BCUT2D eigenvalue weighted by atomic mass is 16.2. The molecule has 7 heteroatoms. The Morgan fingerprint density at radius 3 is 2.15 bits per heavy atom. The maximum absolute atomic E-state index is 12.6. The molecule has 33 heavy (non-hydrogen) atoms. The maximum atomic E-state index is 12.6. The minimum atomic E-state index is -0.269. The van der Waals surface area contributed by atoms with Crippen LogP contribution >= 0.6 is 0 Å². The monoisotopic (exact) mass is 444 g/mol. The number of anilines is 2. The molecule has 0 aliphatic rings. The van der Waals surface area contributed by atoms with E-state index in [2.05, 4.69) is 16.0 Å². The van der Waals surface area contributed by atoms with E-state index in [0.717, 1.165) is 5.56 Å². The van der Waals surface area contributed by atoms with Gasteiger partial charge in [0, 0.05) is 36.6 Å². The van der Waals surface area contributed by atoms with Gasteiger partial charge in [-0.15, -0.1) is 0 Å². The first-order valence-corrected chi connectivity index (χ1v) is 10.6. The lowest BCUT2D eigenvalue weighted by molar-refractivity contribution is -0.114. The summed E-state index contributed by atoms with van der Waals surface area (Å²) >= 11 is 0. The second kappa shape index (κ2) is 10.9. The zero-order valence-corrected chi connectivity index (χ0v) is 19.0. The lowest BCUT2D eigenvalue weighted by atomic mass is 10.1. The average molecular weight is 445 g/mol. The van der Waals surface area contributed by atoms with Crippen LogP contribution in [0, 0.1) is 0 Å². The molecule has 0 spiro atoms. The van der Waals surface area contributed by atoms with Gasteiger partial charge in [-0.05, 0) is 48.9 Å². The van der Waals surface area contributed by atoms with Crippen molar-refractivity contribution in [3.63, 3.8) is 0 Å². The van der Waals surface area contributed by atoms with E-state index in [0.29, 0.717) is 22.5 Å². The fraction of sp³-hybridized carbons (Fsp3) is 0.192. The Morgan fingerprint density at radius 1 is 0.818 bits per heavy atom. The van der Waals surface area contributed by atoms with E-state index in [4.69, 9.17) is 0 Å². The van der Waals surface area contributed by atoms with Gasteiger partial charge in [-0.25, -0.2) is 0 Å². The van der Waals surface area contributed by atoms with Gasteiger partial charge >= 0.3 is 0 Å². The Bertz CT molecular complexity index is 1130. The van der Waals surface area contributed by atoms with Crippen LogP contribution in [0.5, 0.6) is 0 Å². The van der Waals surface area contributed by atoms with Crippen molar-refractivity contribution in [2.45, 2.75) is 13.0 Å². The largest absolute Gasteiger partial charge is 0.376 e. The van der Waals surface area contributed by atoms with Gasteiger partial charge in [-0.1, -0.05) is 42.5 Å². The third kappa shape index (κ3) is 6.67. The summed E-state index contributed by atoms with van der Waals surface area (Å²) in [6.45, 7) is 1.94. The molecule has 3 aromatic carbocycles. The molecule has 170 valence electrons. The van der Waals surface area contributed by atoms with Crippen molar-refractivity contribution >= 4 is 29.1 Å². The van der Waals surface area contributed by atoms with Crippen LogP contribution in [-0.4, -0.2) is 43.3 Å². The van der Waals surface area contributed by atoms with Crippen LogP contribution in [0.1, 0.15) is 39.2 Å². The van der Waals surface area contributed by atoms with Crippen molar-refractivity contribution in [2.24, 2.45) is 0 Å². The fourth-order valence-electron chi connectivity index (χ4n) is 3.25. The SMILES string of the molecule is CC(NC(=O)c1cccc(NC(=O)CNc2cccc(C(=O)N(C)C)c2)c1)c1ccccc1. The highest BCUT2D eigenvalue weighted by molar-refractivity contribution is 5.98. The van der Waals surface area contributed by atoms with Crippen LogP contribution in [0.25, 0.3) is 0 Å². The first-order valence-electron chi connectivity index (χ1n) is 10.6. The molecule has 0 aliphatic heterocycles. The summed E-state index contributed by atoms with van der Waals surface area (Å²) in [5.41, 5.74) is 3.20. The number of carbonyl (C=O) groups is 3. The Hall–Kier alpha value is -4.13. The lowest BCUT2D eigenvalue weighted by Crippen LogP contribution is -2.27. The van der Waals surface area contributed by atoms with Gasteiger partial charge < -0.3 is 20.9 Å². The summed E-state index contributed by atoms with van der Waals surface area (Å²) in [6, 6.07) is 23.3. The quantitative estimate of drug-likeness (QED) is 0.491. The van der Waals surface area contributed by atoms with Crippen LogP contribution in [-0.2, 0) is 4.79 Å². The van der Waals surface area contributed by atoms with Crippen LogP contribution in [0.4, 0.5) is 11.4 Å². The fourth-order valence-corrected chi connectivity index (χ4v) is 3.25. The molecule has 0 saturated carbocycles. The van der Waals surface area contributed by atoms with Gasteiger partial charge in [0.15, 0.2) is 0 Å². The number of rotatable bonds is 8. The van der Waals surface area contributed by atoms with Crippen molar-refractivity contribution in [1.82, 2.24) is 10.2 Å².